The van der Waals surface area contributed by atoms with Crippen LogP contribution in [0.25, 0.3) is 0 Å². The number of aliphatic hydroxyl groups excluding tert-OH is 1. The molecular formula is C27H30F3N3O5. The zero-order chi connectivity index (χ0) is 27.4. The predicted octanol–water partition coefficient (Wildman–Crippen LogP) is 2.57. The van der Waals surface area contributed by atoms with Crippen LogP contribution in [0.3, 0.4) is 0 Å². The molecule has 0 radical (unpaired) electrons. The monoisotopic (exact) mass is 533 g/mol. The lowest BCUT2D eigenvalue weighted by Gasteiger charge is -2.29. The van der Waals surface area contributed by atoms with Crippen LogP contribution in [-0.2, 0) is 33.5 Å². The summed E-state index contributed by atoms with van der Waals surface area (Å²) in [4.78, 5) is 39.8. The maximum Gasteiger partial charge on any atom is 0.416 e. The van der Waals surface area contributed by atoms with Crippen LogP contribution in [-0.4, -0.2) is 59.1 Å². The second-order valence-corrected chi connectivity index (χ2v) is 9.59. The molecule has 4 rings (SSSR count). The highest BCUT2D eigenvalue weighted by Crippen LogP contribution is 2.38. The van der Waals surface area contributed by atoms with E-state index in [1.54, 1.807) is 24.3 Å². The van der Waals surface area contributed by atoms with Crippen molar-refractivity contribution in [3.05, 3.63) is 65.2 Å². The van der Waals surface area contributed by atoms with Gasteiger partial charge in [-0.05, 0) is 43.4 Å². The molecular weight excluding hydrogens is 503 g/mol. The van der Waals surface area contributed by atoms with Gasteiger partial charge in [0.15, 0.2) is 6.10 Å². The molecule has 2 aromatic carbocycles. The van der Waals surface area contributed by atoms with Gasteiger partial charge in [0, 0.05) is 18.0 Å². The molecule has 1 aliphatic carbocycles. The first-order chi connectivity index (χ1) is 18.1. The van der Waals surface area contributed by atoms with Crippen molar-refractivity contribution < 1.29 is 37.4 Å². The highest BCUT2D eigenvalue weighted by Gasteiger charge is 2.41. The molecule has 0 bridgehead atoms. The number of halogens is 3. The van der Waals surface area contributed by atoms with Crippen LogP contribution < -0.4 is 15.4 Å². The first kappa shape index (κ1) is 27.4. The lowest BCUT2D eigenvalue weighted by atomic mass is 9.99. The zero-order valence-corrected chi connectivity index (χ0v) is 20.8. The van der Waals surface area contributed by atoms with Crippen molar-refractivity contribution in [1.29, 1.82) is 0 Å². The number of carbonyl (C=O) groups is 3. The minimum absolute atomic E-state index is 0.00291. The van der Waals surface area contributed by atoms with Crippen LogP contribution in [0.5, 0.6) is 5.75 Å². The van der Waals surface area contributed by atoms with Gasteiger partial charge in [0.2, 0.25) is 11.8 Å². The summed E-state index contributed by atoms with van der Waals surface area (Å²) in [5.74, 6) is -1.79. The average molecular weight is 534 g/mol. The Morgan fingerprint density at radius 1 is 1.11 bits per heavy atom. The molecule has 1 aliphatic heterocycles. The van der Waals surface area contributed by atoms with E-state index < -0.39 is 54.2 Å². The van der Waals surface area contributed by atoms with E-state index in [1.165, 1.54) is 19.2 Å². The highest BCUT2D eigenvalue weighted by atomic mass is 19.4. The van der Waals surface area contributed by atoms with Gasteiger partial charge < -0.3 is 25.4 Å². The molecule has 2 fully saturated rings. The van der Waals surface area contributed by atoms with Gasteiger partial charge in [-0.2, -0.15) is 13.2 Å². The van der Waals surface area contributed by atoms with E-state index in [0.717, 1.165) is 29.4 Å². The number of benzene rings is 2. The molecule has 0 aromatic heterocycles. The summed E-state index contributed by atoms with van der Waals surface area (Å²) in [6.07, 6.45) is -4.42. The Balaban J connectivity index is 1.55. The molecule has 1 saturated heterocycles. The highest BCUT2D eigenvalue weighted by molar-refractivity contribution is 5.91. The zero-order valence-electron chi connectivity index (χ0n) is 20.8. The van der Waals surface area contributed by atoms with Crippen LogP contribution in [0.2, 0.25) is 0 Å². The maximum atomic E-state index is 13.7. The van der Waals surface area contributed by atoms with Crippen molar-refractivity contribution in [2.75, 3.05) is 7.11 Å². The van der Waals surface area contributed by atoms with Crippen molar-refractivity contribution >= 4 is 17.7 Å². The molecule has 38 heavy (non-hydrogen) atoms. The van der Waals surface area contributed by atoms with Crippen molar-refractivity contribution in [1.82, 2.24) is 15.5 Å². The maximum absolute atomic E-state index is 13.7. The van der Waals surface area contributed by atoms with Crippen LogP contribution in [0.1, 0.15) is 42.4 Å². The van der Waals surface area contributed by atoms with E-state index in [1.807, 2.05) is 6.07 Å². The molecule has 2 aliphatic rings. The SMILES string of the molecule is COc1cccc(C(F)(F)F)c1CN1C(=O)CC[C@@H]1C(=O)NC(Cc1ccccc1)C(O)C(=O)NC1CC1. The Morgan fingerprint density at radius 3 is 2.45 bits per heavy atom. The second-order valence-electron chi connectivity index (χ2n) is 9.59. The molecule has 1 heterocycles. The van der Waals surface area contributed by atoms with Crippen molar-refractivity contribution in [2.45, 2.75) is 69.1 Å². The number of rotatable bonds is 10. The summed E-state index contributed by atoms with van der Waals surface area (Å²) in [6.45, 7) is -0.482. The smallest absolute Gasteiger partial charge is 0.416 e. The Morgan fingerprint density at radius 2 is 1.82 bits per heavy atom. The molecule has 3 amide bonds. The van der Waals surface area contributed by atoms with Crippen molar-refractivity contribution in [3.63, 3.8) is 0 Å². The van der Waals surface area contributed by atoms with Gasteiger partial charge in [-0.15, -0.1) is 0 Å². The van der Waals surface area contributed by atoms with E-state index in [0.29, 0.717) is 0 Å². The minimum Gasteiger partial charge on any atom is -0.496 e. The number of carbonyl (C=O) groups excluding carboxylic acids is 3. The molecule has 3 N–H and O–H groups in total. The molecule has 2 unspecified atom stereocenters. The van der Waals surface area contributed by atoms with E-state index in [9.17, 15) is 32.7 Å². The quantitative estimate of drug-likeness (QED) is 0.435. The minimum atomic E-state index is -4.69. The molecule has 0 spiro atoms. The number of alkyl halides is 3. The second kappa shape index (κ2) is 11.4. The molecule has 8 nitrogen and oxygen atoms in total. The molecule has 1 saturated carbocycles. The third-order valence-corrected chi connectivity index (χ3v) is 6.82. The van der Waals surface area contributed by atoms with E-state index in [-0.39, 0.29) is 36.6 Å². The third kappa shape index (κ3) is 6.45. The summed E-state index contributed by atoms with van der Waals surface area (Å²) in [5, 5.41) is 16.2. The topological polar surface area (TPSA) is 108 Å². The van der Waals surface area contributed by atoms with E-state index in [4.69, 9.17) is 4.74 Å². The van der Waals surface area contributed by atoms with Gasteiger partial charge in [-0.25, -0.2) is 0 Å². The number of hydrogen-bond donors (Lipinski definition) is 3. The number of likely N-dealkylation sites (tertiary alicyclic amines) is 1. The first-order valence-corrected chi connectivity index (χ1v) is 12.4. The number of methoxy groups -OCH3 is 1. The van der Waals surface area contributed by atoms with Gasteiger partial charge in [0.25, 0.3) is 5.91 Å². The van der Waals surface area contributed by atoms with Gasteiger partial charge >= 0.3 is 6.18 Å². The first-order valence-electron chi connectivity index (χ1n) is 12.4. The standard InChI is InChI=1S/C27H30F3N3O5/c1-38-22-9-5-8-19(27(28,29)30)18(22)15-33-21(12-13-23(33)34)25(36)32-20(14-16-6-3-2-4-7-16)24(35)26(37)31-17-10-11-17/h2-9,17,20-21,24,35H,10-15H2,1H3,(H,31,37)(H,32,36)/t20?,21-,24?/m1/s1. The Labute approximate surface area is 218 Å². The number of aliphatic hydroxyl groups is 1. The summed E-state index contributed by atoms with van der Waals surface area (Å²) in [7, 11) is 1.23. The summed E-state index contributed by atoms with van der Waals surface area (Å²) in [6, 6.07) is 10.3. The van der Waals surface area contributed by atoms with Crippen LogP contribution in [0, 0.1) is 0 Å². The van der Waals surface area contributed by atoms with Crippen LogP contribution in [0.4, 0.5) is 13.2 Å². The van der Waals surface area contributed by atoms with Crippen molar-refractivity contribution in [2.24, 2.45) is 0 Å². The van der Waals surface area contributed by atoms with Gasteiger partial charge in [0.1, 0.15) is 11.8 Å². The van der Waals surface area contributed by atoms with E-state index >= 15 is 0 Å². The van der Waals surface area contributed by atoms with Crippen LogP contribution in [0.15, 0.2) is 48.5 Å². The summed E-state index contributed by atoms with van der Waals surface area (Å²) < 4.78 is 46.3. The summed E-state index contributed by atoms with van der Waals surface area (Å²) >= 11 is 0. The Kier molecular flexibility index (Phi) is 8.25. The number of nitrogens with one attached hydrogen (secondary N) is 2. The lowest BCUT2D eigenvalue weighted by Crippen LogP contribution is -2.55. The van der Waals surface area contributed by atoms with Gasteiger partial charge in [-0.1, -0.05) is 36.4 Å². The summed E-state index contributed by atoms with van der Waals surface area (Å²) in [5.41, 5.74) is -0.440. The average Bonchev–Trinajstić information content (AvgIpc) is 3.63. The fourth-order valence-electron chi connectivity index (χ4n) is 4.65. The predicted molar refractivity (Wildman–Crippen MR) is 131 cm³/mol. The molecule has 11 heteroatoms. The Hall–Kier alpha value is -3.60. The fourth-order valence-corrected chi connectivity index (χ4v) is 4.65. The number of amides is 3. The lowest BCUT2D eigenvalue weighted by molar-refractivity contribution is -0.140. The number of hydrogen-bond acceptors (Lipinski definition) is 5. The Bertz CT molecular complexity index is 1170. The largest absolute Gasteiger partial charge is 0.496 e. The normalized spacial score (nSPS) is 19.1. The molecule has 3 atom stereocenters. The molecule has 204 valence electrons. The van der Waals surface area contributed by atoms with Gasteiger partial charge in [-0.3, -0.25) is 14.4 Å². The number of ether oxygens (including phenoxy) is 1. The van der Waals surface area contributed by atoms with Crippen LogP contribution >= 0.6 is 0 Å². The molecule has 2 aromatic rings. The van der Waals surface area contributed by atoms with E-state index in [2.05, 4.69) is 10.6 Å². The third-order valence-electron chi connectivity index (χ3n) is 6.82. The fraction of sp³-hybridized carbons (Fsp3) is 0.444. The number of nitrogens with zero attached hydrogens (tertiary/aromatic N) is 1. The van der Waals surface area contributed by atoms with Gasteiger partial charge in [0.05, 0.1) is 25.3 Å². The van der Waals surface area contributed by atoms with Crippen molar-refractivity contribution in [3.8, 4) is 5.75 Å².